The molecule has 0 aliphatic heterocycles. The third-order valence-corrected chi connectivity index (χ3v) is 1.89. The molecule has 0 saturated heterocycles. The minimum atomic E-state index is 0.309. The molecule has 10 heavy (non-hydrogen) atoms. The molecule has 0 saturated carbocycles. The van der Waals surface area contributed by atoms with Crippen molar-refractivity contribution in [3.05, 3.63) is 24.3 Å². The minimum absolute atomic E-state index is 0.309. The Balaban J connectivity index is 2.48. The fourth-order valence-electron chi connectivity index (χ4n) is 1.39. The van der Waals surface area contributed by atoms with E-state index in [0.29, 0.717) is 6.04 Å². The molecule has 0 spiro atoms. The van der Waals surface area contributed by atoms with E-state index < -0.39 is 0 Å². The van der Waals surface area contributed by atoms with Gasteiger partial charge in [-0.3, -0.25) is 0 Å². The number of hydrogen-bond acceptors (Lipinski definition) is 1. The Morgan fingerprint density at radius 1 is 1.80 bits per heavy atom. The Labute approximate surface area is 62.6 Å². The second-order valence-corrected chi connectivity index (χ2v) is 2.87. The van der Waals surface area contributed by atoms with Crippen LogP contribution in [0.4, 0.5) is 0 Å². The fraction of sp³-hybridized carbons (Fsp3) is 0.556. The molecule has 0 bridgehead atoms. The van der Waals surface area contributed by atoms with E-state index in [-0.39, 0.29) is 0 Å². The Hall–Kier alpha value is -0.560. The second-order valence-electron chi connectivity index (χ2n) is 2.87. The van der Waals surface area contributed by atoms with Crippen molar-refractivity contribution in [2.45, 2.75) is 31.7 Å². The van der Waals surface area contributed by atoms with Gasteiger partial charge in [0.2, 0.25) is 0 Å². The standard InChI is InChI=1S/C9H15N/c1-2-4-8-5-3-6-9(10)7-8/h2,7,9H,1,3-6,10H2. The first kappa shape index (κ1) is 7.55. The minimum Gasteiger partial charge on any atom is -0.324 e. The van der Waals surface area contributed by atoms with Gasteiger partial charge in [-0.2, -0.15) is 0 Å². The maximum atomic E-state index is 5.74. The van der Waals surface area contributed by atoms with Crippen molar-refractivity contribution in [1.82, 2.24) is 0 Å². The van der Waals surface area contributed by atoms with Gasteiger partial charge in [0, 0.05) is 6.04 Å². The van der Waals surface area contributed by atoms with Gasteiger partial charge in [0.1, 0.15) is 0 Å². The molecule has 1 unspecified atom stereocenters. The average Bonchev–Trinajstić information content (AvgIpc) is 1.88. The van der Waals surface area contributed by atoms with E-state index in [2.05, 4.69) is 12.7 Å². The van der Waals surface area contributed by atoms with Crippen LogP contribution < -0.4 is 5.73 Å². The highest BCUT2D eigenvalue weighted by Gasteiger charge is 2.07. The first-order chi connectivity index (χ1) is 4.83. The normalized spacial score (nSPS) is 25.7. The summed E-state index contributed by atoms with van der Waals surface area (Å²) in [5.41, 5.74) is 7.21. The third-order valence-electron chi connectivity index (χ3n) is 1.89. The quantitative estimate of drug-likeness (QED) is 0.579. The van der Waals surface area contributed by atoms with Crippen molar-refractivity contribution in [3.63, 3.8) is 0 Å². The molecular formula is C9H15N. The van der Waals surface area contributed by atoms with Crippen molar-refractivity contribution in [3.8, 4) is 0 Å². The van der Waals surface area contributed by atoms with Crippen molar-refractivity contribution in [2.24, 2.45) is 5.73 Å². The topological polar surface area (TPSA) is 26.0 Å². The van der Waals surface area contributed by atoms with Gasteiger partial charge in [-0.25, -0.2) is 0 Å². The first-order valence-electron chi connectivity index (χ1n) is 3.89. The van der Waals surface area contributed by atoms with Gasteiger partial charge in [-0.15, -0.1) is 6.58 Å². The molecule has 1 nitrogen and oxygen atoms in total. The SMILES string of the molecule is C=CCC1=CC(N)CCC1. The molecule has 1 rings (SSSR count). The summed E-state index contributed by atoms with van der Waals surface area (Å²) in [5.74, 6) is 0. The fourth-order valence-corrected chi connectivity index (χ4v) is 1.39. The predicted octanol–water partition coefficient (Wildman–Crippen LogP) is 2.00. The summed E-state index contributed by atoms with van der Waals surface area (Å²) in [5, 5.41) is 0. The molecule has 0 aromatic rings. The van der Waals surface area contributed by atoms with Crippen LogP contribution in [-0.4, -0.2) is 6.04 Å². The highest BCUT2D eigenvalue weighted by Crippen LogP contribution is 2.19. The maximum absolute atomic E-state index is 5.74. The van der Waals surface area contributed by atoms with Crippen molar-refractivity contribution < 1.29 is 0 Å². The Morgan fingerprint density at radius 3 is 3.20 bits per heavy atom. The zero-order valence-electron chi connectivity index (χ0n) is 6.34. The molecule has 1 heteroatoms. The van der Waals surface area contributed by atoms with Crippen LogP contribution in [-0.2, 0) is 0 Å². The largest absolute Gasteiger partial charge is 0.324 e. The third kappa shape index (κ3) is 1.99. The Morgan fingerprint density at radius 2 is 2.60 bits per heavy atom. The van der Waals surface area contributed by atoms with Crippen LogP contribution in [0, 0.1) is 0 Å². The number of nitrogens with two attached hydrogens (primary N) is 1. The smallest absolute Gasteiger partial charge is 0.0226 e. The van der Waals surface area contributed by atoms with Gasteiger partial charge in [0.15, 0.2) is 0 Å². The molecule has 0 fully saturated rings. The average molecular weight is 137 g/mol. The number of hydrogen-bond donors (Lipinski definition) is 1. The van der Waals surface area contributed by atoms with Crippen molar-refractivity contribution >= 4 is 0 Å². The summed E-state index contributed by atoms with van der Waals surface area (Å²) in [6, 6.07) is 0.309. The van der Waals surface area contributed by atoms with Gasteiger partial charge < -0.3 is 5.73 Å². The molecule has 2 N–H and O–H groups in total. The van der Waals surface area contributed by atoms with Crippen molar-refractivity contribution in [2.75, 3.05) is 0 Å². The molecule has 0 aromatic carbocycles. The second kappa shape index (κ2) is 3.57. The summed E-state index contributed by atoms with van der Waals surface area (Å²) >= 11 is 0. The summed E-state index contributed by atoms with van der Waals surface area (Å²) in [6.07, 6.45) is 8.78. The summed E-state index contributed by atoms with van der Waals surface area (Å²) in [7, 11) is 0. The highest BCUT2D eigenvalue weighted by molar-refractivity contribution is 5.12. The summed E-state index contributed by atoms with van der Waals surface area (Å²) in [6.45, 7) is 3.70. The number of allylic oxidation sites excluding steroid dienone is 2. The highest BCUT2D eigenvalue weighted by atomic mass is 14.6. The number of rotatable bonds is 2. The Kier molecular flexibility index (Phi) is 2.69. The van der Waals surface area contributed by atoms with E-state index in [1.165, 1.54) is 18.4 Å². The molecule has 1 aliphatic rings. The van der Waals surface area contributed by atoms with Gasteiger partial charge in [-0.1, -0.05) is 17.7 Å². The van der Waals surface area contributed by atoms with Crippen molar-refractivity contribution in [1.29, 1.82) is 0 Å². The van der Waals surface area contributed by atoms with E-state index in [1.807, 2.05) is 6.08 Å². The van der Waals surface area contributed by atoms with E-state index in [9.17, 15) is 0 Å². The van der Waals surface area contributed by atoms with Crippen LogP contribution in [0.1, 0.15) is 25.7 Å². The van der Waals surface area contributed by atoms with E-state index in [4.69, 9.17) is 5.73 Å². The van der Waals surface area contributed by atoms with Gasteiger partial charge in [-0.05, 0) is 25.7 Å². The van der Waals surface area contributed by atoms with Crippen LogP contribution in [0.25, 0.3) is 0 Å². The lowest BCUT2D eigenvalue weighted by Crippen LogP contribution is -2.20. The monoisotopic (exact) mass is 137 g/mol. The zero-order valence-corrected chi connectivity index (χ0v) is 6.34. The lowest BCUT2D eigenvalue weighted by Gasteiger charge is -2.16. The Bertz CT molecular complexity index is 147. The molecule has 1 atom stereocenters. The first-order valence-corrected chi connectivity index (χ1v) is 3.89. The molecule has 56 valence electrons. The molecule has 0 radical (unpaired) electrons. The van der Waals surface area contributed by atoms with E-state index in [1.54, 1.807) is 0 Å². The molecule has 0 aromatic heterocycles. The van der Waals surface area contributed by atoms with E-state index >= 15 is 0 Å². The van der Waals surface area contributed by atoms with Crippen LogP contribution in [0.15, 0.2) is 24.3 Å². The summed E-state index contributed by atoms with van der Waals surface area (Å²) < 4.78 is 0. The molecular weight excluding hydrogens is 122 g/mol. The molecule has 0 amide bonds. The van der Waals surface area contributed by atoms with Gasteiger partial charge in [0.25, 0.3) is 0 Å². The van der Waals surface area contributed by atoms with Crippen LogP contribution in [0.3, 0.4) is 0 Å². The van der Waals surface area contributed by atoms with Gasteiger partial charge in [0.05, 0.1) is 0 Å². The van der Waals surface area contributed by atoms with Gasteiger partial charge >= 0.3 is 0 Å². The molecule has 0 heterocycles. The van der Waals surface area contributed by atoms with Crippen LogP contribution in [0.5, 0.6) is 0 Å². The lowest BCUT2D eigenvalue weighted by atomic mass is 9.94. The predicted molar refractivity (Wildman–Crippen MR) is 44.7 cm³/mol. The molecule has 1 aliphatic carbocycles. The maximum Gasteiger partial charge on any atom is 0.0226 e. The van der Waals surface area contributed by atoms with Crippen LogP contribution >= 0.6 is 0 Å². The lowest BCUT2D eigenvalue weighted by molar-refractivity contribution is 0.619. The van der Waals surface area contributed by atoms with E-state index in [0.717, 1.165) is 12.8 Å². The van der Waals surface area contributed by atoms with Crippen LogP contribution in [0.2, 0.25) is 0 Å². The summed E-state index contributed by atoms with van der Waals surface area (Å²) in [4.78, 5) is 0. The zero-order chi connectivity index (χ0) is 7.40.